The first-order valence-corrected chi connectivity index (χ1v) is 6.37. The fraction of sp³-hybridized carbons (Fsp3) is 0.429. The van der Waals surface area contributed by atoms with Crippen molar-refractivity contribution in [1.82, 2.24) is 10.6 Å². The van der Waals surface area contributed by atoms with Crippen LogP contribution in [0.25, 0.3) is 0 Å². The van der Waals surface area contributed by atoms with Crippen molar-refractivity contribution in [2.75, 3.05) is 0 Å². The molecule has 0 aromatic heterocycles. The predicted molar refractivity (Wildman–Crippen MR) is 70.6 cm³/mol. The van der Waals surface area contributed by atoms with E-state index in [-0.39, 0.29) is 23.0 Å². The third-order valence-electron chi connectivity index (χ3n) is 3.92. The van der Waals surface area contributed by atoms with Crippen LogP contribution in [0.2, 0.25) is 0 Å². The van der Waals surface area contributed by atoms with E-state index in [0.717, 1.165) is 0 Å². The maximum Gasteiger partial charge on any atom is 0.336 e. The number of carbonyl (C=O) groups is 2. The normalized spacial score (nSPS) is 25.9. The van der Waals surface area contributed by atoms with Crippen LogP contribution in [0.1, 0.15) is 42.9 Å². The zero-order valence-corrected chi connectivity index (χ0v) is 11.5. The molecule has 1 saturated heterocycles. The highest BCUT2D eigenvalue weighted by Crippen LogP contribution is 2.30. The highest BCUT2D eigenvalue weighted by Gasteiger charge is 2.46. The molecule has 2 unspecified atom stereocenters. The minimum absolute atomic E-state index is 0.0208. The Morgan fingerprint density at radius 1 is 1.45 bits per heavy atom. The van der Waals surface area contributed by atoms with Crippen LogP contribution in [0, 0.1) is 11.7 Å². The molecule has 3 N–H and O–H groups in total. The van der Waals surface area contributed by atoms with E-state index in [1.807, 2.05) is 13.8 Å². The van der Waals surface area contributed by atoms with Crippen LogP contribution in [-0.4, -0.2) is 22.5 Å². The molecule has 1 amide bonds. The van der Waals surface area contributed by atoms with Crippen molar-refractivity contribution in [3.63, 3.8) is 0 Å². The Balaban J connectivity index is 2.45. The lowest BCUT2D eigenvalue weighted by molar-refractivity contribution is -0.125. The first-order chi connectivity index (χ1) is 9.27. The van der Waals surface area contributed by atoms with Crippen molar-refractivity contribution in [3.8, 4) is 0 Å². The summed E-state index contributed by atoms with van der Waals surface area (Å²) in [7, 11) is 0. The Kier molecular flexibility index (Phi) is 3.52. The Hall–Kier alpha value is -1.95. The molecule has 2 atom stereocenters. The molecule has 1 aromatic rings. The average molecular weight is 280 g/mol. The van der Waals surface area contributed by atoms with Crippen molar-refractivity contribution in [3.05, 3.63) is 35.1 Å². The second-order valence-electron chi connectivity index (χ2n) is 5.41. The average Bonchev–Trinajstić information content (AvgIpc) is 2.66. The van der Waals surface area contributed by atoms with Gasteiger partial charge in [0.25, 0.3) is 0 Å². The van der Waals surface area contributed by atoms with E-state index in [4.69, 9.17) is 5.11 Å². The number of nitrogens with one attached hydrogen (secondary N) is 2. The summed E-state index contributed by atoms with van der Waals surface area (Å²) in [5.74, 6) is -2.17. The Morgan fingerprint density at radius 2 is 2.10 bits per heavy atom. The molecule has 5 nitrogen and oxygen atoms in total. The second-order valence-corrected chi connectivity index (χ2v) is 5.41. The molecule has 1 aliphatic heterocycles. The molecule has 1 heterocycles. The molecule has 0 aliphatic carbocycles. The smallest absolute Gasteiger partial charge is 0.336 e. The lowest BCUT2D eigenvalue weighted by atomic mass is 9.89. The van der Waals surface area contributed by atoms with Crippen molar-refractivity contribution in [2.24, 2.45) is 5.92 Å². The Labute approximate surface area is 116 Å². The number of aromatic carboxylic acids is 1. The summed E-state index contributed by atoms with van der Waals surface area (Å²) >= 11 is 0. The fourth-order valence-electron chi connectivity index (χ4n) is 2.27. The summed E-state index contributed by atoms with van der Waals surface area (Å²) in [6, 6.07) is 3.83. The Morgan fingerprint density at radius 3 is 2.60 bits per heavy atom. The summed E-state index contributed by atoms with van der Waals surface area (Å²) in [5, 5.41) is 14.8. The highest BCUT2D eigenvalue weighted by molar-refractivity contribution is 5.92. The van der Waals surface area contributed by atoms with Gasteiger partial charge in [-0.15, -0.1) is 0 Å². The predicted octanol–water partition coefficient (Wildman–Crippen LogP) is 1.66. The van der Waals surface area contributed by atoms with Crippen LogP contribution in [0.5, 0.6) is 0 Å². The van der Waals surface area contributed by atoms with E-state index < -0.39 is 23.5 Å². The van der Waals surface area contributed by atoms with Gasteiger partial charge in [-0.2, -0.15) is 0 Å². The van der Waals surface area contributed by atoms with Gasteiger partial charge in [0.15, 0.2) is 0 Å². The molecule has 108 valence electrons. The second kappa shape index (κ2) is 4.86. The number of carboxylic acids is 1. The zero-order chi connectivity index (χ0) is 15.1. The number of benzene rings is 1. The SMILES string of the molecule is CC(C)C1(C)NC(c2c(F)cccc2C(=O)O)NC1=O. The van der Waals surface area contributed by atoms with E-state index in [1.54, 1.807) is 6.92 Å². The highest BCUT2D eigenvalue weighted by atomic mass is 19.1. The van der Waals surface area contributed by atoms with Gasteiger partial charge in [0, 0.05) is 5.56 Å². The minimum atomic E-state index is -1.23. The maximum atomic E-state index is 14.0. The van der Waals surface area contributed by atoms with Crippen LogP contribution in [0.3, 0.4) is 0 Å². The van der Waals surface area contributed by atoms with E-state index in [0.29, 0.717) is 0 Å². The van der Waals surface area contributed by atoms with Crippen molar-refractivity contribution < 1.29 is 19.1 Å². The van der Waals surface area contributed by atoms with Gasteiger partial charge in [-0.05, 0) is 25.0 Å². The quantitative estimate of drug-likeness (QED) is 0.786. The topological polar surface area (TPSA) is 78.4 Å². The van der Waals surface area contributed by atoms with Gasteiger partial charge in [0.1, 0.15) is 12.0 Å². The summed E-state index contributed by atoms with van der Waals surface area (Å²) in [4.78, 5) is 23.3. The maximum absolute atomic E-state index is 14.0. The van der Waals surface area contributed by atoms with E-state index in [9.17, 15) is 14.0 Å². The molecule has 6 heteroatoms. The molecule has 0 saturated carbocycles. The molecular weight excluding hydrogens is 263 g/mol. The number of carbonyl (C=O) groups excluding carboxylic acids is 1. The molecule has 1 aromatic carbocycles. The first-order valence-electron chi connectivity index (χ1n) is 6.37. The first kappa shape index (κ1) is 14.5. The summed E-state index contributed by atoms with van der Waals surface area (Å²) in [5.41, 5.74) is -1.06. The standard InChI is InChI=1S/C14H17FN2O3/c1-7(2)14(3)13(20)16-11(17-14)10-8(12(18)19)5-4-6-9(10)15/h4-7,11,17H,1-3H3,(H,16,20)(H,18,19). The van der Waals surface area contributed by atoms with Gasteiger partial charge in [0.05, 0.1) is 11.1 Å². The minimum Gasteiger partial charge on any atom is -0.478 e. The molecule has 1 fully saturated rings. The van der Waals surface area contributed by atoms with E-state index in [1.165, 1.54) is 18.2 Å². The Bertz CT molecular complexity index is 574. The van der Waals surface area contributed by atoms with Crippen LogP contribution < -0.4 is 10.6 Å². The van der Waals surface area contributed by atoms with Gasteiger partial charge in [-0.25, -0.2) is 9.18 Å². The van der Waals surface area contributed by atoms with Gasteiger partial charge < -0.3 is 10.4 Å². The third-order valence-corrected chi connectivity index (χ3v) is 3.92. The molecular formula is C14H17FN2O3. The summed E-state index contributed by atoms with van der Waals surface area (Å²) in [6.07, 6.45) is -0.845. The molecule has 1 aliphatic rings. The number of hydrogen-bond acceptors (Lipinski definition) is 3. The van der Waals surface area contributed by atoms with Crippen LogP contribution in [0.15, 0.2) is 18.2 Å². The van der Waals surface area contributed by atoms with Crippen molar-refractivity contribution in [1.29, 1.82) is 0 Å². The van der Waals surface area contributed by atoms with Gasteiger partial charge in [0.2, 0.25) is 5.91 Å². The number of halogens is 1. The largest absolute Gasteiger partial charge is 0.478 e. The molecule has 0 radical (unpaired) electrons. The zero-order valence-electron chi connectivity index (χ0n) is 11.5. The van der Waals surface area contributed by atoms with Crippen molar-refractivity contribution >= 4 is 11.9 Å². The lowest BCUT2D eigenvalue weighted by Crippen LogP contribution is -2.48. The van der Waals surface area contributed by atoms with Crippen LogP contribution in [0.4, 0.5) is 4.39 Å². The summed E-state index contributed by atoms with van der Waals surface area (Å²) < 4.78 is 14.0. The fourth-order valence-corrected chi connectivity index (χ4v) is 2.27. The third kappa shape index (κ3) is 2.16. The van der Waals surface area contributed by atoms with Gasteiger partial charge in [-0.1, -0.05) is 19.9 Å². The molecule has 2 rings (SSSR count). The number of amides is 1. The summed E-state index contributed by atoms with van der Waals surface area (Å²) in [6.45, 7) is 5.46. The van der Waals surface area contributed by atoms with Crippen molar-refractivity contribution in [2.45, 2.75) is 32.5 Å². The van der Waals surface area contributed by atoms with Gasteiger partial charge >= 0.3 is 5.97 Å². The number of hydrogen-bond donors (Lipinski definition) is 3. The molecule has 0 bridgehead atoms. The van der Waals surface area contributed by atoms with Crippen LogP contribution >= 0.6 is 0 Å². The van der Waals surface area contributed by atoms with Crippen LogP contribution in [-0.2, 0) is 4.79 Å². The monoisotopic (exact) mass is 280 g/mol. The number of carboxylic acid groups (broad SMARTS) is 1. The molecule has 0 spiro atoms. The van der Waals surface area contributed by atoms with E-state index in [2.05, 4.69) is 10.6 Å². The lowest BCUT2D eigenvalue weighted by Gasteiger charge is -2.26. The van der Waals surface area contributed by atoms with E-state index >= 15 is 0 Å². The number of rotatable bonds is 3. The molecule has 20 heavy (non-hydrogen) atoms. The van der Waals surface area contributed by atoms with Gasteiger partial charge in [-0.3, -0.25) is 10.1 Å².